The second kappa shape index (κ2) is 4.15. The van der Waals surface area contributed by atoms with Gasteiger partial charge in [-0.2, -0.15) is 0 Å². The first-order valence-corrected chi connectivity index (χ1v) is 5.65. The largest absolute Gasteiger partial charge is 0.389 e. The van der Waals surface area contributed by atoms with Crippen molar-refractivity contribution in [1.29, 1.82) is 0 Å². The van der Waals surface area contributed by atoms with E-state index in [0.717, 1.165) is 10.0 Å². The van der Waals surface area contributed by atoms with Gasteiger partial charge in [0.15, 0.2) is 0 Å². The predicted molar refractivity (Wildman–Crippen MR) is 51.7 cm³/mol. The van der Waals surface area contributed by atoms with Crippen LogP contribution in [0.2, 0.25) is 0 Å². The summed E-state index contributed by atoms with van der Waals surface area (Å²) in [7, 11) is 0. The van der Waals surface area contributed by atoms with E-state index in [0.29, 0.717) is 5.92 Å². The lowest BCUT2D eigenvalue weighted by molar-refractivity contribution is 0.280. The monoisotopic (exact) mass is 198 g/mol. The van der Waals surface area contributed by atoms with Crippen molar-refractivity contribution < 1.29 is 5.11 Å². The quantitative estimate of drug-likeness (QED) is 0.791. The average molecular weight is 198 g/mol. The van der Waals surface area contributed by atoms with Crippen LogP contribution in [0, 0.1) is 0 Å². The number of nitrogens with zero attached hydrogens (tertiary/aromatic N) is 2. The fraction of sp³-hybridized carbons (Fsp3) is 0.778. The molecule has 0 aliphatic heterocycles. The fourth-order valence-electron chi connectivity index (χ4n) is 1.84. The van der Waals surface area contributed by atoms with Gasteiger partial charge in [0.05, 0.1) is 6.61 Å². The van der Waals surface area contributed by atoms with E-state index in [2.05, 4.69) is 10.2 Å². The Balaban J connectivity index is 2.05. The normalized spacial score (nSPS) is 19.2. The molecule has 0 spiro atoms. The molecule has 1 aromatic rings. The summed E-state index contributed by atoms with van der Waals surface area (Å²) < 4.78 is 0. The van der Waals surface area contributed by atoms with Crippen LogP contribution in [0.3, 0.4) is 0 Å². The molecule has 0 unspecified atom stereocenters. The first-order valence-electron chi connectivity index (χ1n) is 4.83. The molecular weight excluding hydrogens is 184 g/mol. The van der Waals surface area contributed by atoms with Crippen LogP contribution < -0.4 is 0 Å². The summed E-state index contributed by atoms with van der Waals surface area (Å²) in [5, 5.41) is 18.8. The molecule has 0 atom stereocenters. The van der Waals surface area contributed by atoms with E-state index in [1.54, 1.807) is 11.3 Å². The van der Waals surface area contributed by atoms with Crippen molar-refractivity contribution in [1.82, 2.24) is 10.2 Å². The highest BCUT2D eigenvalue weighted by atomic mass is 32.1. The first-order chi connectivity index (χ1) is 6.40. The van der Waals surface area contributed by atoms with Gasteiger partial charge in [-0.25, -0.2) is 0 Å². The third kappa shape index (κ3) is 2.06. The number of hydrogen-bond acceptors (Lipinski definition) is 4. The van der Waals surface area contributed by atoms with E-state index in [1.165, 1.54) is 32.1 Å². The van der Waals surface area contributed by atoms with Gasteiger partial charge >= 0.3 is 0 Å². The zero-order valence-corrected chi connectivity index (χ0v) is 8.39. The van der Waals surface area contributed by atoms with E-state index in [-0.39, 0.29) is 6.61 Å². The summed E-state index contributed by atoms with van der Waals surface area (Å²) in [6.45, 7) is 0.0321. The highest BCUT2D eigenvalue weighted by molar-refractivity contribution is 7.11. The summed E-state index contributed by atoms with van der Waals surface area (Å²) in [6, 6.07) is 0. The van der Waals surface area contributed by atoms with Crippen molar-refractivity contribution in [3.8, 4) is 0 Å². The van der Waals surface area contributed by atoms with Crippen LogP contribution in [-0.4, -0.2) is 15.3 Å². The predicted octanol–water partition coefficient (Wildman–Crippen LogP) is 2.08. The van der Waals surface area contributed by atoms with Gasteiger partial charge in [-0.15, -0.1) is 10.2 Å². The number of aliphatic hydroxyl groups excluding tert-OH is 1. The number of rotatable bonds is 2. The third-order valence-corrected chi connectivity index (χ3v) is 3.64. The molecule has 13 heavy (non-hydrogen) atoms. The van der Waals surface area contributed by atoms with E-state index >= 15 is 0 Å². The maximum absolute atomic E-state index is 8.86. The Morgan fingerprint density at radius 1 is 1.23 bits per heavy atom. The molecule has 0 radical (unpaired) electrons. The molecule has 0 bridgehead atoms. The third-order valence-electron chi connectivity index (χ3n) is 2.57. The van der Waals surface area contributed by atoms with Crippen LogP contribution in [0.1, 0.15) is 48.0 Å². The Kier molecular flexibility index (Phi) is 2.90. The second-order valence-corrected chi connectivity index (χ2v) is 4.62. The lowest BCUT2D eigenvalue weighted by atomic mass is 9.90. The summed E-state index contributed by atoms with van der Waals surface area (Å²) >= 11 is 1.57. The maximum atomic E-state index is 8.86. The molecule has 1 aromatic heterocycles. The van der Waals surface area contributed by atoms with Gasteiger partial charge in [0.25, 0.3) is 0 Å². The van der Waals surface area contributed by atoms with E-state index in [1.807, 2.05) is 0 Å². The smallest absolute Gasteiger partial charge is 0.143 e. The highest BCUT2D eigenvalue weighted by Gasteiger charge is 2.19. The molecule has 1 aliphatic carbocycles. The standard InChI is InChI=1S/C9H14N2OS/c12-6-8-10-11-9(13-8)7-4-2-1-3-5-7/h7,12H,1-6H2. The minimum atomic E-state index is 0.0321. The number of aromatic nitrogens is 2. The Labute approximate surface area is 81.8 Å². The molecular formula is C9H14N2OS. The van der Waals surface area contributed by atoms with Gasteiger partial charge in [0, 0.05) is 5.92 Å². The summed E-state index contributed by atoms with van der Waals surface area (Å²) in [4.78, 5) is 0. The van der Waals surface area contributed by atoms with Crippen LogP contribution in [0.15, 0.2) is 0 Å². The zero-order chi connectivity index (χ0) is 9.10. The molecule has 1 heterocycles. The molecule has 0 amide bonds. The molecule has 0 saturated heterocycles. The lowest BCUT2D eigenvalue weighted by Gasteiger charge is -2.18. The van der Waals surface area contributed by atoms with Gasteiger partial charge in [0.1, 0.15) is 10.0 Å². The minimum absolute atomic E-state index is 0.0321. The molecule has 1 fully saturated rings. The Morgan fingerprint density at radius 3 is 2.62 bits per heavy atom. The average Bonchev–Trinajstić information content (AvgIpc) is 2.67. The molecule has 4 heteroatoms. The molecule has 1 aliphatic rings. The van der Waals surface area contributed by atoms with Crippen LogP contribution in [0.25, 0.3) is 0 Å². The van der Waals surface area contributed by atoms with Crippen LogP contribution in [0.5, 0.6) is 0 Å². The molecule has 2 rings (SSSR count). The van der Waals surface area contributed by atoms with E-state index < -0.39 is 0 Å². The lowest BCUT2D eigenvalue weighted by Crippen LogP contribution is -2.03. The summed E-state index contributed by atoms with van der Waals surface area (Å²) in [6.07, 6.45) is 6.50. The molecule has 3 nitrogen and oxygen atoms in total. The first kappa shape index (κ1) is 9.09. The molecule has 1 saturated carbocycles. The molecule has 72 valence electrons. The van der Waals surface area contributed by atoms with Crippen LogP contribution >= 0.6 is 11.3 Å². The number of hydrogen-bond donors (Lipinski definition) is 1. The summed E-state index contributed by atoms with van der Waals surface area (Å²) in [5.41, 5.74) is 0. The molecule has 1 N–H and O–H groups in total. The summed E-state index contributed by atoms with van der Waals surface area (Å²) in [5.74, 6) is 0.617. The van der Waals surface area contributed by atoms with Crippen molar-refractivity contribution in [3.63, 3.8) is 0 Å². The van der Waals surface area contributed by atoms with Gasteiger partial charge < -0.3 is 5.11 Å². The second-order valence-electron chi connectivity index (χ2n) is 3.53. The maximum Gasteiger partial charge on any atom is 0.143 e. The topological polar surface area (TPSA) is 46.0 Å². The van der Waals surface area contributed by atoms with Crippen molar-refractivity contribution >= 4 is 11.3 Å². The fourth-order valence-corrected chi connectivity index (χ4v) is 2.72. The van der Waals surface area contributed by atoms with Gasteiger partial charge in [0.2, 0.25) is 0 Å². The van der Waals surface area contributed by atoms with E-state index in [9.17, 15) is 0 Å². The minimum Gasteiger partial charge on any atom is -0.389 e. The zero-order valence-electron chi connectivity index (χ0n) is 7.57. The Hall–Kier alpha value is -0.480. The van der Waals surface area contributed by atoms with E-state index in [4.69, 9.17) is 5.11 Å². The van der Waals surface area contributed by atoms with Crippen molar-refractivity contribution in [2.75, 3.05) is 0 Å². The van der Waals surface area contributed by atoms with Crippen LogP contribution in [-0.2, 0) is 6.61 Å². The van der Waals surface area contributed by atoms with Crippen molar-refractivity contribution in [3.05, 3.63) is 10.0 Å². The SMILES string of the molecule is OCc1nnc(C2CCCCC2)s1. The molecule has 0 aromatic carbocycles. The van der Waals surface area contributed by atoms with Gasteiger partial charge in [-0.3, -0.25) is 0 Å². The Bertz CT molecular complexity index is 268. The van der Waals surface area contributed by atoms with Crippen molar-refractivity contribution in [2.45, 2.75) is 44.6 Å². The number of aliphatic hydroxyl groups is 1. The van der Waals surface area contributed by atoms with Gasteiger partial charge in [-0.05, 0) is 12.8 Å². The van der Waals surface area contributed by atoms with Crippen molar-refractivity contribution in [2.24, 2.45) is 0 Å². The Morgan fingerprint density at radius 2 is 2.00 bits per heavy atom. The van der Waals surface area contributed by atoms with Crippen LogP contribution in [0.4, 0.5) is 0 Å². The highest BCUT2D eigenvalue weighted by Crippen LogP contribution is 2.33. The van der Waals surface area contributed by atoms with Gasteiger partial charge in [-0.1, -0.05) is 30.6 Å².